The van der Waals surface area contributed by atoms with Crippen LogP contribution in [0.2, 0.25) is 0 Å². The van der Waals surface area contributed by atoms with Crippen molar-refractivity contribution >= 4 is 33.4 Å². The van der Waals surface area contributed by atoms with Gasteiger partial charge in [-0.1, -0.05) is 46.3 Å². The molecule has 1 atom stereocenters. The monoisotopic (exact) mass is 415 g/mol. The lowest BCUT2D eigenvalue weighted by Gasteiger charge is -2.24. The second-order valence-electron chi connectivity index (χ2n) is 5.80. The van der Waals surface area contributed by atoms with E-state index in [1.54, 1.807) is 30.3 Å². The van der Waals surface area contributed by atoms with Crippen LogP contribution in [-0.2, 0) is 9.59 Å². The van der Waals surface area contributed by atoms with E-state index in [1.807, 2.05) is 0 Å². The van der Waals surface area contributed by atoms with Gasteiger partial charge in [0.05, 0.1) is 11.6 Å². The van der Waals surface area contributed by atoms with Gasteiger partial charge in [-0.05, 0) is 29.8 Å². The number of benzene rings is 2. The fraction of sp³-hybridized carbons (Fsp3) is 0.100. The molecule has 1 fully saturated rings. The van der Waals surface area contributed by atoms with E-state index >= 15 is 0 Å². The summed E-state index contributed by atoms with van der Waals surface area (Å²) < 4.78 is 14.5. The summed E-state index contributed by atoms with van der Waals surface area (Å²) in [6, 6.07) is 11.4. The molecule has 1 amide bonds. The van der Waals surface area contributed by atoms with Crippen LogP contribution in [0.5, 0.6) is 0 Å². The number of rotatable bonds is 4. The average Bonchev–Trinajstić information content (AvgIpc) is 2.87. The van der Waals surface area contributed by atoms with E-state index in [0.29, 0.717) is 11.1 Å². The smallest absolute Gasteiger partial charge is 0.295 e. The standard InChI is InChI=1S/C20H15BrFNO3/c1-2-10-23-17(13-4-3-5-15(22)11-13)16(19(25)20(23)26)18(24)12-6-8-14(21)9-7-12/h2-9,11,17,24H,1,10H2/t17-/m0/s1. The number of carbonyl (C=O) groups is 2. The lowest BCUT2D eigenvalue weighted by molar-refractivity contribution is -0.139. The Labute approximate surface area is 158 Å². The third-order valence-corrected chi connectivity index (χ3v) is 4.68. The lowest BCUT2D eigenvalue weighted by Crippen LogP contribution is -2.29. The van der Waals surface area contributed by atoms with Crippen molar-refractivity contribution in [3.05, 3.63) is 88.2 Å². The zero-order chi connectivity index (χ0) is 18.8. The SMILES string of the molecule is C=CCN1C(=O)C(=O)C(=C(O)c2ccc(Br)cc2)[C@@H]1c1cccc(F)c1. The topological polar surface area (TPSA) is 57.6 Å². The molecule has 4 nitrogen and oxygen atoms in total. The van der Waals surface area contributed by atoms with Gasteiger partial charge in [-0.25, -0.2) is 4.39 Å². The molecular weight excluding hydrogens is 401 g/mol. The molecule has 3 rings (SSSR count). The van der Waals surface area contributed by atoms with Crippen LogP contribution in [-0.4, -0.2) is 28.2 Å². The fourth-order valence-electron chi connectivity index (χ4n) is 2.99. The number of carbonyl (C=O) groups excluding carboxylic acids is 2. The lowest BCUT2D eigenvalue weighted by atomic mass is 9.95. The van der Waals surface area contributed by atoms with Gasteiger partial charge in [0.15, 0.2) is 0 Å². The maximum absolute atomic E-state index is 13.7. The molecule has 1 aliphatic rings. The normalized spacial score (nSPS) is 19.0. The molecule has 0 aliphatic carbocycles. The molecule has 0 bridgehead atoms. The number of halogens is 2. The molecule has 2 aromatic carbocycles. The van der Waals surface area contributed by atoms with E-state index in [-0.39, 0.29) is 17.9 Å². The van der Waals surface area contributed by atoms with Gasteiger partial charge in [0.25, 0.3) is 11.7 Å². The van der Waals surface area contributed by atoms with Crippen molar-refractivity contribution in [2.24, 2.45) is 0 Å². The zero-order valence-corrected chi connectivity index (χ0v) is 15.2. The number of aliphatic hydroxyl groups is 1. The van der Waals surface area contributed by atoms with Crippen LogP contribution in [0.4, 0.5) is 4.39 Å². The summed E-state index contributed by atoms with van der Waals surface area (Å²) >= 11 is 3.31. The summed E-state index contributed by atoms with van der Waals surface area (Å²) in [6.07, 6.45) is 1.48. The molecule has 6 heteroatoms. The Morgan fingerprint density at radius 1 is 1.23 bits per heavy atom. The first kappa shape index (κ1) is 18.1. The molecule has 0 radical (unpaired) electrons. The molecule has 26 heavy (non-hydrogen) atoms. The predicted molar refractivity (Wildman–Crippen MR) is 99.7 cm³/mol. The second kappa shape index (κ2) is 7.25. The van der Waals surface area contributed by atoms with Crippen LogP contribution in [0.1, 0.15) is 17.2 Å². The first-order valence-electron chi connectivity index (χ1n) is 7.84. The zero-order valence-electron chi connectivity index (χ0n) is 13.7. The van der Waals surface area contributed by atoms with Gasteiger partial charge in [0.2, 0.25) is 0 Å². The van der Waals surface area contributed by atoms with Crippen molar-refractivity contribution in [1.82, 2.24) is 4.90 Å². The van der Waals surface area contributed by atoms with Gasteiger partial charge < -0.3 is 10.0 Å². The molecule has 1 saturated heterocycles. The Morgan fingerprint density at radius 2 is 1.92 bits per heavy atom. The highest BCUT2D eigenvalue weighted by Crippen LogP contribution is 2.39. The number of ketones is 1. The number of hydrogen-bond acceptors (Lipinski definition) is 3. The molecule has 0 saturated carbocycles. The van der Waals surface area contributed by atoms with Crippen LogP contribution in [0, 0.1) is 5.82 Å². The van der Waals surface area contributed by atoms with Gasteiger partial charge in [0, 0.05) is 16.6 Å². The van der Waals surface area contributed by atoms with Crippen LogP contribution in [0.25, 0.3) is 5.76 Å². The van der Waals surface area contributed by atoms with Gasteiger partial charge in [-0.2, -0.15) is 0 Å². The number of nitrogens with zero attached hydrogens (tertiary/aromatic N) is 1. The van der Waals surface area contributed by atoms with Crippen molar-refractivity contribution < 1.29 is 19.1 Å². The summed E-state index contributed by atoms with van der Waals surface area (Å²) in [7, 11) is 0. The Morgan fingerprint density at radius 3 is 2.54 bits per heavy atom. The van der Waals surface area contributed by atoms with Crippen molar-refractivity contribution in [3.8, 4) is 0 Å². The number of likely N-dealkylation sites (tertiary alicyclic amines) is 1. The Kier molecular flexibility index (Phi) is 5.04. The summed E-state index contributed by atoms with van der Waals surface area (Å²) in [5.41, 5.74) is 0.737. The molecule has 0 unspecified atom stereocenters. The van der Waals surface area contributed by atoms with E-state index in [0.717, 1.165) is 4.47 Å². The maximum atomic E-state index is 13.7. The number of Topliss-reactive ketones (excluding diaryl/α,β-unsaturated/α-hetero) is 1. The van der Waals surface area contributed by atoms with E-state index in [4.69, 9.17) is 0 Å². The number of amides is 1. The maximum Gasteiger partial charge on any atom is 0.295 e. The summed E-state index contributed by atoms with van der Waals surface area (Å²) in [4.78, 5) is 26.3. The van der Waals surface area contributed by atoms with E-state index < -0.39 is 23.5 Å². The third kappa shape index (κ3) is 3.20. The van der Waals surface area contributed by atoms with Crippen molar-refractivity contribution in [2.75, 3.05) is 6.54 Å². The van der Waals surface area contributed by atoms with Crippen molar-refractivity contribution in [1.29, 1.82) is 0 Å². The minimum Gasteiger partial charge on any atom is -0.507 e. The van der Waals surface area contributed by atoms with Gasteiger partial charge in [-0.3, -0.25) is 9.59 Å². The molecule has 1 heterocycles. The van der Waals surface area contributed by atoms with Gasteiger partial charge in [0.1, 0.15) is 11.6 Å². The highest BCUT2D eigenvalue weighted by atomic mass is 79.9. The molecular formula is C20H15BrFNO3. The Hall–Kier alpha value is -2.73. The van der Waals surface area contributed by atoms with E-state index in [9.17, 15) is 19.1 Å². The van der Waals surface area contributed by atoms with Gasteiger partial charge >= 0.3 is 0 Å². The average molecular weight is 416 g/mol. The fourth-order valence-corrected chi connectivity index (χ4v) is 3.26. The van der Waals surface area contributed by atoms with Crippen LogP contribution in [0.3, 0.4) is 0 Å². The van der Waals surface area contributed by atoms with Crippen molar-refractivity contribution in [3.63, 3.8) is 0 Å². The highest BCUT2D eigenvalue weighted by Gasteiger charge is 2.45. The first-order valence-corrected chi connectivity index (χ1v) is 8.64. The second-order valence-corrected chi connectivity index (χ2v) is 6.72. The number of aliphatic hydroxyl groups excluding tert-OH is 1. The summed E-state index contributed by atoms with van der Waals surface area (Å²) in [5.74, 6) is -2.34. The van der Waals surface area contributed by atoms with Gasteiger partial charge in [-0.15, -0.1) is 6.58 Å². The molecule has 2 aromatic rings. The van der Waals surface area contributed by atoms with Crippen LogP contribution >= 0.6 is 15.9 Å². The quantitative estimate of drug-likeness (QED) is 0.352. The van der Waals surface area contributed by atoms with Crippen LogP contribution < -0.4 is 0 Å². The molecule has 1 aliphatic heterocycles. The molecule has 0 spiro atoms. The summed E-state index contributed by atoms with van der Waals surface area (Å²) in [5, 5.41) is 10.7. The Bertz CT molecular complexity index is 921. The number of hydrogen-bond donors (Lipinski definition) is 1. The molecule has 132 valence electrons. The van der Waals surface area contributed by atoms with E-state index in [2.05, 4.69) is 22.5 Å². The molecule has 1 N–H and O–H groups in total. The highest BCUT2D eigenvalue weighted by molar-refractivity contribution is 9.10. The third-order valence-electron chi connectivity index (χ3n) is 4.15. The summed E-state index contributed by atoms with van der Waals surface area (Å²) in [6.45, 7) is 3.70. The minimum absolute atomic E-state index is 0.0650. The largest absolute Gasteiger partial charge is 0.507 e. The minimum atomic E-state index is -0.882. The molecule has 0 aromatic heterocycles. The van der Waals surface area contributed by atoms with Crippen LogP contribution in [0.15, 0.2) is 71.2 Å². The first-order chi connectivity index (χ1) is 12.4. The van der Waals surface area contributed by atoms with E-state index in [1.165, 1.54) is 29.2 Å². The van der Waals surface area contributed by atoms with Crippen molar-refractivity contribution in [2.45, 2.75) is 6.04 Å². The Balaban J connectivity index is 2.21. The predicted octanol–water partition coefficient (Wildman–Crippen LogP) is 4.20.